The lowest BCUT2D eigenvalue weighted by atomic mass is 9.85. The van der Waals surface area contributed by atoms with Crippen molar-refractivity contribution < 1.29 is 17.9 Å². The van der Waals surface area contributed by atoms with Gasteiger partial charge >= 0.3 is 0 Å². The summed E-state index contributed by atoms with van der Waals surface area (Å²) >= 11 is 0. The van der Waals surface area contributed by atoms with E-state index in [0.717, 1.165) is 24.8 Å². The average Bonchev–Trinajstić information content (AvgIpc) is 3.19. The molecule has 0 radical (unpaired) electrons. The molecule has 162 valence electrons. The van der Waals surface area contributed by atoms with Gasteiger partial charge < -0.3 is 10.1 Å². The van der Waals surface area contributed by atoms with E-state index in [1.54, 1.807) is 19.1 Å². The molecular weight excluding hydrogens is 392 g/mol. The van der Waals surface area contributed by atoms with Crippen LogP contribution in [0, 0.1) is 5.92 Å². The Hall–Kier alpha value is -1.68. The van der Waals surface area contributed by atoms with Crippen LogP contribution in [0.4, 0.5) is 0 Å². The number of carbonyl (C=O) groups is 1. The smallest absolute Gasteiger partial charge is 0.244 e. The molecule has 1 aromatic carbocycles. The third-order valence-electron chi connectivity index (χ3n) is 5.87. The van der Waals surface area contributed by atoms with Crippen LogP contribution in [-0.2, 0) is 14.8 Å². The third-order valence-corrected chi connectivity index (χ3v) is 7.44. The zero-order valence-corrected chi connectivity index (χ0v) is 18.1. The van der Waals surface area contributed by atoms with Crippen LogP contribution in [0.25, 0.3) is 0 Å². The van der Waals surface area contributed by atoms with Gasteiger partial charge in [0.15, 0.2) is 0 Å². The molecule has 9 heteroatoms. The Morgan fingerprint density at radius 3 is 2.69 bits per heavy atom. The lowest BCUT2D eigenvalue weighted by Gasteiger charge is -2.30. The molecule has 0 aromatic heterocycles. The van der Waals surface area contributed by atoms with Crippen LogP contribution < -0.4 is 25.6 Å². The van der Waals surface area contributed by atoms with E-state index in [-0.39, 0.29) is 28.9 Å². The fourth-order valence-corrected chi connectivity index (χ4v) is 5.39. The normalized spacial score (nSPS) is 27.6. The van der Waals surface area contributed by atoms with E-state index in [0.29, 0.717) is 24.6 Å². The summed E-state index contributed by atoms with van der Waals surface area (Å²) in [4.78, 5) is 12.8. The number of sulfonamides is 1. The lowest BCUT2D eigenvalue weighted by Crippen LogP contribution is -2.49. The molecule has 1 aromatic rings. The monoisotopic (exact) mass is 424 g/mol. The molecule has 4 atom stereocenters. The first-order valence-corrected chi connectivity index (χ1v) is 11.8. The summed E-state index contributed by atoms with van der Waals surface area (Å²) in [5.74, 6) is 0.785. The van der Waals surface area contributed by atoms with E-state index in [2.05, 4.69) is 27.8 Å². The van der Waals surface area contributed by atoms with Gasteiger partial charge in [-0.1, -0.05) is 32.8 Å². The Balaban J connectivity index is 1.70. The molecule has 1 aliphatic heterocycles. The van der Waals surface area contributed by atoms with Crippen molar-refractivity contribution >= 4 is 15.9 Å². The molecule has 4 N–H and O–H groups in total. The maximum atomic E-state index is 12.7. The number of rotatable bonds is 7. The SMILES string of the molecule is CCNS(=O)(=O)c1cc(C2CC(C(=O)NC3CCCCC3C)NN2)ccc1OC. The molecule has 1 saturated heterocycles. The first kappa shape index (κ1) is 22.0. The molecule has 29 heavy (non-hydrogen) atoms. The van der Waals surface area contributed by atoms with Crippen molar-refractivity contribution in [2.24, 2.45) is 5.92 Å². The summed E-state index contributed by atoms with van der Waals surface area (Å²) in [5.41, 5.74) is 6.98. The summed E-state index contributed by atoms with van der Waals surface area (Å²) in [7, 11) is -2.22. The van der Waals surface area contributed by atoms with Gasteiger partial charge in [-0.25, -0.2) is 24.0 Å². The highest BCUT2D eigenvalue weighted by atomic mass is 32.2. The van der Waals surface area contributed by atoms with Crippen LogP contribution in [0.2, 0.25) is 0 Å². The molecule has 1 saturated carbocycles. The van der Waals surface area contributed by atoms with Crippen LogP contribution in [0.5, 0.6) is 5.75 Å². The Kier molecular flexibility index (Phi) is 7.15. The molecule has 3 rings (SSSR count). The van der Waals surface area contributed by atoms with Crippen molar-refractivity contribution in [3.63, 3.8) is 0 Å². The molecule has 1 heterocycles. The fourth-order valence-electron chi connectivity index (χ4n) is 4.15. The Labute approximate surface area is 173 Å². The summed E-state index contributed by atoms with van der Waals surface area (Å²) in [6.07, 6.45) is 5.11. The number of methoxy groups -OCH3 is 1. The second kappa shape index (κ2) is 9.42. The maximum Gasteiger partial charge on any atom is 0.244 e. The van der Waals surface area contributed by atoms with Crippen LogP contribution in [-0.4, -0.2) is 40.1 Å². The van der Waals surface area contributed by atoms with Gasteiger partial charge in [0.05, 0.1) is 7.11 Å². The first-order chi connectivity index (χ1) is 13.9. The Morgan fingerprint density at radius 2 is 2.00 bits per heavy atom. The van der Waals surface area contributed by atoms with E-state index in [1.807, 2.05) is 6.07 Å². The summed E-state index contributed by atoms with van der Waals surface area (Å²) in [6, 6.07) is 4.79. The number of benzene rings is 1. The first-order valence-electron chi connectivity index (χ1n) is 10.3. The minimum Gasteiger partial charge on any atom is -0.495 e. The summed E-state index contributed by atoms with van der Waals surface area (Å²) < 4.78 is 32.8. The Morgan fingerprint density at radius 1 is 1.24 bits per heavy atom. The molecule has 0 bridgehead atoms. The number of carbonyl (C=O) groups excluding carboxylic acids is 1. The van der Waals surface area contributed by atoms with E-state index in [9.17, 15) is 13.2 Å². The number of hydrazine groups is 1. The van der Waals surface area contributed by atoms with Crippen molar-refractivity contribution in [3.8, 4) is 5.75 Å². The van der Waals surface area contributed by atoms with Gasteiger partial charge in [-0.2, -0.15) is 0 Å². The van der Waals surface area contributed by atoms with Gasteiger partial charge in [0, 0.05) is 18.6 Å². The minimum absolute atomic E-state index is 0.00671. The highest BCUT2D eigenvalue weighted by molar-refractivity contribution is 7.89. The predicted octanol–water partition coefficient (Wildman–Crippen LogP) is 1.60. The highest BCUT2D eigenvalue weighted by Crippen LogP contribution is 2.30. The molecule has 0 spiro atoms. The quantitative estimate of drug-likeness (QED) is 0.529. The van der Waals surface area contributed by atoms with Gasteiger partial charge in [-0.3, -0.25) is 4.79 Å². The largest absolute Gasteiger partial charge is 0.495 e. The summed E-state index contributed by atoms with van der Waals surface area (Å²) in [5, 5.41) is 3.19. The van der Waals surface area contributed by atoms with E-state index in [1.165, 1.54) is 13.5 Å². The minimum atomic E-state index is -3.66. The molecule has 2 fully saturated rings. The topological polar surface area (TPSA) is 109 Å². The maximum absolute atomic E-state index is 12.7. The van der Waals surface area contributed by atoms with Crippen LogP contribution in [0.1, 0.15) is 57.6 Å². The number of hydrogen-bond donors (Lipinski definition) is 4. The van der Waals surface area contributed by atoms with Crippen LogP contribution >= 0.6 is 0 Å². The van der Waals surface area contributed by atoms with Gasteiger partial charge in [0.1, 0.15) is 16.7 Å². The van der Waals surface area contributed by atoms with E-state index in [4.69, 9.17) is 4.74 Å². The molecule has 8 nitrogen and oxygen atoms in total. The van der Waals surface area contributed by atoms with Crippen molar-refractivity contribution in [3.05, 3.63) is 23.8 Å². The molecular formula is C20H32N4O4S. The van der Waals surface area contributed by atoms with Crippen molar-refractivity contribution in [2.45, 2.75) is 69.0 Å². The van der Waals surface area contributed by atoms with Crippen molar-refractivity contribution in [1.82, 2.24) is 20.9 Å². The van der Waals surface area contributed by atoms with E-state index < -0.39 is 10.0 Å². The van der Waals surface area contributed by atoms with Crippen LogP contribution in [0.15, 0.2) is 23.1 Å². The molecule has 1 amide bonds. The number of nitrogens with one attached hydrogen (secondary N) is 4. The number of amides is 1. The number of hydrogen-bond acceptors (Lipinski definition) is 6. The highest BCUT2D eigenvalue weighted by Gasteiger charge is 2.33. The molecule has 2 aliphatic rings. The summed E-state index contributed by atoms with van der Waals surface area (Å²) in [6.45, 7) is 4.21. The predicted molar refractivity (Wildman–Crippen MR) is 111 cm³/mol. The molecule has 1 aliphatic carbocycles. The van der Waals surface area contributed by atoms with Gasteiger partial charge in [0.2, 0.25) is 15.9 Å². The van der Waals surface area contributed by atoms with Gasteiger partial charge in [-0.15, -0.1) is 0 Å². The van der Waals surface area contributed by atoms with Crippen molar-refractivity contribution in [2.75, 3.05) is 13.7 Å². The molecule has 4 unspecified atom stereocenters. The zero-order chi connectivity index (χ0) is 21.0. The zero-order valence-electron chi connectivity index (χ0n) is 17.3. The average molecular weight is 425 g/mol. The second-order valence-corrected chi connectivity index (χ2v) is 9.65. The van der Waals surface area contributed by atoms with Gasteiger partial charge in [0.25, 0.3) is 0 Å². The van der Waals surface area contributed by atoms with Gasteiger partial charge in [-0.05, 0) is 42.9 Å². The lowest BCUT2D eigenvalue weighted by molar-refractivity contribution is -0.124. The third kappa shape index (κ3) is 5.09. The van der Waals surface area contributed by atoms with E-state index >= 15 is 0 Å². The van der Waals surface area contributed by atoms with Crippen LogP contribution in [0.3, 0.4) is 0 Å². The Bertz CT molecular complexity index is 830. The van der Waals surface area contributed by atoms with Crippen molar-refractivity contribution in [1.29, 1.82) is 0 Å². The number of ether oxygens (including phenoxy) is 1. The standard InChI is InChI=1S/C20H32N4O4S/c1-4-21-29(26,27)19-11-14(9-10-18(19)28-3)16-12-17(24-23-16)20(25)22-15-8-6-5-7-13(15)2/h9-11,13,15-17,21,23-24H,4-8,12H2,1-3H3,(H,22,25). The fraction of sp³-hybridized carbons (Fsp3) is 0.650. The second-order valence-electron chi connectivity index (χ2n) is 7.92.